The van der Waals surface area contributed by atoms with Crippen LogP contribution in [-0.4, -0.2) is 15.0 Å². The Morgan fingerprint density at radius 1 is 1.33 bits per heavy atom. The van der Waals surface area contributed by atoms with Crippen molar-refractivity contribution >= 4 is 31.6 Å². The molecule has 0 aliphatic rings. The maximum Gasteiger partial charge on any atom is 0.240 e. The van der Waals surface area contributed by atoms with Crippen LogP contribution >= 0.6 is 15.9 Å². The van der Waals surface area contributed by atoms with E-state index in [1.54, 1.807) is 19.1 Å². The minimum absolute atomic E-state index is 0.242. The van der Waals surface area contributed by atoms with E-state index in [0.29, 0.717) is 22.3 Å². The summed E-state index contributed by atoms with van der Waals surface area (Å²) in [4.78, 5) is 0.242. The van der Waals surface area contributed by atoms with Crippen LogP contribution in [0.1, 0.15) is 31.7 Å². The molecule has 0 atom stereocenters. The number of sulfonamides is 1. The van der Waals surface area contributed by atoms with Crippen molar-refractivity contribution < 1.29 is 8.42 Å². The molecule has 0 fully saturated rings. The highest BCUT2D eigenvalue weighted by Gasteiger charge is 2.18. The lowest BCUT2D eigenvalue weighted by Crippen LogP contribution is -2.25. The molecule has 18 heavy (non-hydrogen) atoms. The molecule has 0 aliphatic carbocycles. The number of nitrogens with two attached hydrogens (primary N) is 1. The summed E-state index contributed by atoms with van der Waals surface area (Å²) in [7, 11) is -3.48. The zero-order chi connectivity index (χ0) is 13.8. The first-order chi connectivity index (χ1) is 8.38. The van der Waals surface area contributed by atoms with Crippen LogP contribution < -0.4 is 10.5 Å². The minimum Gasteiger partial charge on any atom is -0.398 e. The van der Waals surface area contributed by atoms with Crippen LogP contribution in [-0.2, 0) is 10.0 Å². The highest BCUT2D eigenvalue weighted by Crippen LogP contribution is 2.26. The van der Waals surface area contributed by atoms with Crippen molar-refractivity contribution in [2.45, 2.75) is 38.0 Å². The number of nitrogen functional groups attached to an aromatic ring is 1. The molecule has 0 bridgehead atoms. The second-order valence-corrected chi connectivity index (χ2v) is 6.87. The monoisotopic (exact) mass is 334 g/mol. The zero-order valence-corrected chi connectivity index (χ0v) is 13.1. The lowest BCUT2D eigenvalue weighted by Gasteiger charge is -2.11. The Morgan fingerprint density at radius 2 is 2.00 bits per heavy atom. The predicted molar refractivity (Wildman–Crippen MR) is 78.0 cm³/mol. The third kappa shape index (κ3) is 3.96. The minimum atomic E-state index is -3.48. The van der Waals surface area contributed by atoms with Crippen molar-refractivity contribution in [1.29, 1.82) is 0 Å². The van der Waals surface area contributed by atoms with E-state index in [2.05, 4.69) is 27.6 Å². The number of benzene rings is 1. The number of halogens is 1. The summed E-state index contributed by atoms with van der Waals surface area (Å²) in [6, 6.07) is 3.28. The Balaban J connectivity index is 2.91. The van der Waals surface area contributed by atoms with Crippen LogP contribution in [0.3, 0.4) is 0 Å². The molecule has 102 valence electrons. The van der Waals surface area contributed by atoms with Gasteiger partial charge in [0.2, 0.25) is 10.0 Å². The topological polar surface area (TPSA) is 72.2 Å². The zero-order valence-electron chi connectivity index (χ0n) is 10.7. The van der Waals surface area contributed by atoms with E-state index >= 15 is 0 Å². The average Bonchev–Trinajstić information content (AvgIpc) is 2.29. The summed E-state index contributed by atoms with van der Waals surface area (Å²) >= 11 is 3.26. The van der Waals surface area contributed by atoms with E-state index in [-0.39, 0.29) is 4.90 Å². The van der Waals surface area contributed by atoms with Crippen molar-refractivity contribution in [1.82, 2.24) is 4.72 Å². The molecular weight excluding hydrogens is 316 g/mol. The largest absolute Gasteiger partial charge is 0.398 e. The number of rotatable bonds is 6. The van der Waals surface area contributed by atoms with Gasteiger partial charge in [-0.2, -0.15) is 0 Å². The summed E-state index contributed by atoms with van der Waals surface area (Å²) < 4.78 is 27.5. The smallest absolute Gasteiger partial charge is 0.240 e. The Kier molecular flexibility index (Phi) is 5.62. The van der Waals surface area contributed by atoms with Crippen LogP contribution in [0.25, 0.3) is 0 Å². The van der Waals surface area contributed by atoms with Gasteiger partial charge < -0.3 is 5.73 Å². The number of unbranched alkanes of at least 4 members (excludes halogenated alkanes) is 2. The van der Waals surface area contributed by atoms with Gasteiger partial charge in [-0.05, 0) is 31.0 Å². The van der Waals surface area contributed by atoms with E-state index in [1.165, 1.54) is 0 Å². The number of nitrogens with one attached hydrogen (secondary N) is 1. The van der Waals surface area contributed by atoms with E-state index in [9.17, 15) is 8.42 Å². The number of anilines is 1. The third-order valence-electron chi connectivity index (χ3n) is 2.73. The summed E-state index contributed by atoms with van der Waals surface area (Å²) in [5.41, 5.74) is 6.83. The van der Waals surface area contributed by atoms with Gasteiger partial charge in [0.25, 0.3) is 0 Å². The van der Waals surface area contributed by atoms with Crippen LogP contribution in [0.5, 0.6) is 0 Å². The summed E-state index contributed by atoms with van der Waals surface area (Å²) in [6.07, 6.45) is 2.92. The second-order valence-electron chi connectivity index (χ2n) is 4.22. The summed E-state index contributed by atoms with van der Waals surface area (Å²) in [5, 5.41) is 0. The maximum atomic E-state index is 12.1. The molecule has 1 aromatic carbocycles. The van der Waals surface area contributed by atoms with Crippen molar-refractivity contribution in [3.05, 3.63) is 22.2 Å². The normalized spacial score (nSPS) is 11.7. The first-order valence-corrected chi connectivity index (χ1v) is 8.21. The first-order valence-electron chi connectivity index (χ1n) is 5.93. The van der Waals surface area contributed by atoms with Gasteiger partial charge in [-0.25, -0.2) is 13.1 Å². The molecule has 0 saturated heterocycles. The van der Waals surface area contributed by atoms with Crippen molar-refractivity contribution in [2.24, 2.45) is 0 Å². The molecule has 0 unspecified atom stereocenters. The van der Waals surface area contributed by atoms with Gasteiger partial charge in [0.05, 0.1) is 4.90 Å². The molecule has 0 amide bonds. The fourth-order valence-corrected chi connectivity index (χ4v) is 3.61. The van der Waals surface area contributed by atoms with E-state index in [4.69, 9.17) is 5.73 Å². The van der Waals surface area contributed by atoms with Gasteiger partial charge in [-0.15, -0.1) is 0 Å². The van der Waals surface area contributed by atoms with Gasteiger partial charge in [-0.1, -0.05) is 35.7 Å². The molecule has 0 aromatic heterocycles. The Morgan fingerprint density at radius 3 is 2.61 bits per heavy atom. The molecule has 4 nitrogen and oxygen atoms in total. The molecular formula is C12H19BrN2O2S. The molecule has 1 rings (SSSR count). The fourth-order valence-electron chi connectivity index (χ4n) is 1.61. The van der Waals surface area contributed by atoms with Crippen molar-refractivity contribution in [2.75, 3.05) is 12.3 Å². The Hall–Kier alpha value is -0.590. The first kappa shape index (κ1) is 15.5. The Bertz CT molecular complexity index is 515. The standard InChI is InChI=1S/C12H19BrN2O2S/c1-3-4-5-6-15-18(16,17)12-8-10(13)7-11(14)9(12)2/h7-8,15H,3-6,14H2,1-2H3. The van der Waals surface area contributed by atoms with Crippen LogP contribution in [0.15, 0.2) is 21.5 Å². The van der Waals surface area contributed by atoms with Gasteiger partial charge in [-0.3, -0.25) is 0 Å². The highest BCUT2D eigenvalue weighted by atomic mass is 79.9. The van der Waals surface area contributed by atoms with Crippen LogP contribution in [0, 0.1) is 6.92 Å². The lowest BCUT2D eigenvalue weighted by molar-refractivity contribution is 0.575. The molecule has 0 aliphatic heterocycles. The third-order valence-corrected chi connectivity index (χ3v) is 4.77. The quantitative estimate of drug-likeness (QED) is 0.620. The molecule has 0 spiro atoms. The van der Waals surface area contributed by atoms with Crippen LogP contribution in [0.2, 0.25) is 0 Å². The predicted octanol–water partition coefficient (Wildman–Crippen LogP) is 2.81. The molecule has 1 aromatic rings. The van der Waals surface area contributed by atoms with Gasteiger partial charge in [0.15, 0.2) is 0 Å². The van der Waals surface area contributed by atoms with Gasteiger partial charge >= 0.3 is 0 Å². The Labute approximate surface area is 117 Å². The van der Waals surface area contributed by atoms with Crippen molar-refractivity contribution in [3.63, 3.8) is 0 Å². The second kappa shape index (κ2) is 6.54. The molecule has 6 heteroatoms. The number of hydrogen-bond donors (Lipinski definition) is 2. The lowest BCUT2D eigenvalue weighted by atomic mass is 10.2. The molecule has 3 N–H and O–H groups in total. The SMILES string of the molecule is CCCCCNS(=O)(=O)c1cc(Br)cc(N)c1C. The van der Waals surface area contributed by atoms with Gasteiger partial charge in [0, 0.05) is 16.7 Å². The van der Waals surface area contributed by atoms with E-state index in [0.717, 1.165) is 19.3 Å². The van der Waals surface area contributed by atoms with Gasteiger partial charge in [0.1, 0.15) is 0 Å². The maximum absolute atomic E-state index is 12.1. The number of hydrogen-bond acceptors (Lipinski definition) is 3. The molecule has 0 radical (unpaired) electrons. The summed E-state index contributed by atoms with van der Waals surface area (Å²) in [6.45, 7) is 4.25. The molecule has 0 heterocycles. The molecule has 0 saturated carbocycles. The highest BCUT2D eigenvalue weighted by molar-refractivity contribution is 9.10. The van der Waals surface area contributed by atoms with Crippen LogP contribution in [0.4, 0.5) is 5.69 Å². The average molecular weight is 335 g/mol. The van der Waals surface area contributed by atoms with E-state index in [1.807, 2.05) is 0 Å². The summed E-state index contributed by atoms with van der Waals surface area (Å²) in [5.74, 6) is 0. The fraction of sp³-hybridized carbons (Fsp3) is 0.500. The van der Waals surface area contributed by atoms with E-state index < -0.39 is 10.0 Å². The van der Waals surface area contributed by atoms with Crippen molar-refractivity contribution in [3.8, 4) is 0 Å².